The maximum absolute atomic E-state index is 12.1. The molecule has 3 unspecified atom stereocenters. The third-order valence-electron chi connectivity index (χ3n) is 6.40. The second kappa shape index (κ2) is 8.99. The van der Waals surface area contributed by atoms with E-state index in [4.69, 9.17) is 4.74 Å². The van der Waals surface area contributed by atoms with E-state index in [-0.39, 0.29) is 24.0 Å². The molecular formula is C26H27NO5. The number of rotatable bonds is 7. The van der Waals surface area contributed by atoms with Crippen LogP contribution in [0.3, 0.4) is 0 Å². The Balaban J connectivity index is 1.88. The summed E-state index contributed by atoms with van der Waals surface area (Å²) in [6.07, 6.45) is 3.08. The van der Waals surface area contributed by atoms with E-state index >= 15 is 0 Å². The van der Waals surface area contributed by atoms with Crippen LogP contribution in [0.1, 0.15) is 38.7 Å². The number of carbonyl (C=O) groups is 1. The number of nitro benzene ring substituents is 1. The maximum atomic E-state index is 12.1. The quantitative estimate of drug-likeness (QED) is 0.351. The topological polar surface area (TPSA) is 89.7 Å². The summed E-state index contributed by atoms with van der Waals surface area (Å²) >= 11 is 0. The van der Waals surface area contributed by atoms with Gasteiger partial charge < -0.3 is 9.84 Å². The zero-order valence-electron chi connectivity index (χ0n) is 18.3. The Morgan fingerprint density at radius 1 is 1.16 bits per heavy atom. The van der Waals surface area contributed by atoms with Gasteiger partial charge in [0.25, 0.3) is 0 Å². The molecule has 3 atom stereocenters. The summed E-state index contributed by atoms with van der Waals surface area (Å²) in [7, 11) is 0. The molecule has 32 heavy (non-hydrogen) atoms. The Morgan fingerprint density at radius 2 is 1.91 bits per heavy atom. The van der Waals surface area contributed by atoms with Crippen LogP contribution in [0.15, 0.2) is 54.6 Å². The first-order valence-electron chi connectivity index (χ1n) is 11.0. The molecule has 166 valence electrons. The third-order valence-corrected chi connectivity index (χ3v) is 6.40. The van der Waals surface area contributed by atoms with Gasteiger partial charge in [0.2, 0.25) is 5.75 Å². The van der Waals surface area contributed by atoms with Crippen LogP contribution >= 0.6 is 0 Å². The van der Waals surface area contributed by atoms with Crippen LogP contribution in [0, 0.1) is 22.0 Å². The highest BCUT2D eigenvalue weighted by Gasteiger charge is 2.31. The van der Waals surface area contributed by atoms with Crippen LogP contribution in [-0.2, 0) is 11.2 Å². The number of nitro groups is 1. The molecule has 0 heterocycles. The number of hydrogen-bond acceptors (Lipinski definition) is 4. The number of benzene rings is 3. The fourth-order valence-electron chi connectivity index (χ4n) is 4.50. The average Bonchev–Trinajstić information content (AvgIpc) is 3.18. The molecule has 1 saturated carbocycles. The van der Waals surface area contributed by atoms with Gasteiger partial charge in [0.1, 0.15) is 6.10 Å². The molecule has 0 aromatic heterocycles. The second-order valence-electron chi connectivity index (χ2n) is 8.82. The number of carboxylic acids is 1. The third kappa shape index (κ3) is 4.44. The first-order chi connectivity index (χ1) is 15.3. The van der Waals surface area contributed by atoms with E-state index in [1.54, 1.807) is 6.92 Å². The first kappa shape index (κ1) is 21.8. The van der Waals surface area contributed by atoms with Gasteiger partial charge in [-0.3, -0.25) is 14.9 Å². The molecule has 1 aliphatic rings. The highest BCUT2D eigenvalue weighted by molar-refractivity contribution is 5.89. The predicted octanol–water partition coefficient (Wildman–Crippen LogP) is 6.25. The van der Waals surface area contributed by atoms with Crippen molar-refractivity contribution in [2.75, 3.05) is 0 Å². The van der Waals surface area contributed by atoms with Crippen LogP contribution in [0.5, 0.6) is 5.75 Å². The molecule has 0 aliphatic heterocycles. The van der Waals surface area contributed by atoms with E-state index in [0.717, 1.165) is 35.6 Å². The molecule has 4 rings (SSSR count). The monoisotopic (exact) mass is 433 g/mol. The lowest BCUT2D eigenvalue weighted by Gasteiger charge is -2.21. The molecular weight excluding hydrogens is 406 g/mol. The van der Waals surface area contributed by atoms with Crippen molar-refractivity contribution < 1.29 is 19.6 Å². The van der Waals surface area contributed by atoms with Crippen molar-refractivity contribution in [1.82, 2.24) is 0 Å². The number of hydrogen-bond donors (Lipinski definition) is 1. The summed E-state index contributed by atoms with van der Waals surface area (Å²) in [6, 6.07) is 17.2. The van der Waals surface area contributed by atoms with E-state index in [1.165, 1.54) is 6.07 Å². The summed E-state index contributed by atoms with van der Waals surface area (Å²) in [5.74, 6) is -0.984. The number of carboxylic acid groups (broad SMARTS) is 1. The lowest BCUT2D eigenvalue weighted by Crippen LogP contribution is -2.20. The molecule has 6 nitrogen and oxygen atoms in total. The standard InChI is InChI=1S/C26H27NO5/c1-16-6-5-9-24(16)32-25-22(21-11-10-19-7-3-4-8-20(19)15-21)13-18(12-17(2)26(28)29)14-23(25)27(30)31/h3-4,7-8,10-11,13-17,24H,5-6,9,12H2,1-2H3,(H,28,29). The molecule has 6 heteroatoms. The molecule has 0 bridgehead atoms. The normalized spacial score (nSPS) is 19.1. The van der Waals surface area contributed by atoms with Gasteiger partial charge in [-0.05, 0) is 65.6 Å². The Bertz CT molecular complexity index is 1170. The number of ether oxygens (including phenoxy) is 1. The Morgan fingerprint density at radius 3 is 2.56 bits per heavy atom. The average molecular weight is 434 g/mol. The summed E-state index contributed by atoms with van der Waals surface area (Å²) < 4.78 is 6.33. The number of aliphatic carboxylic acids is 1. The zero-order valence-corrected chi connectivity index (χ0v) is 18.3. The van der Waals surface area contributed by atoms with Gasteiger partial charge >= 0.3 is 11.7 Å². The van der Waals surface area contributed by atoms with E-state index in [0.29, 0.717) is 17.0 Å². The molecule has 0 spiro atoms. The van der Waals surface area contributed by atoms with Crippen LogP contribution in [0.2, 0.25) is 0 Å². The van der Waals surface area contributed by atoms with Crippen LogP contribution in [0.4, 0.5) is 5.69 Å². The van der Waals surface area contributed by atoms with Crippen molar-refractivity contribution in [3.05, 3.63) is 70.3 Å². The van der Waals surface area contributed by atoms with Crippen LogP contribution in [0.25, 0.3) is 21.9 Å². The first-order valence-corrected chi connectivity index (χ1v) is 11.0. The van der Waals surface area contributed by atoms with Gasteiger partial charge in [-0.25, -0.2) is 0 Å². The van der Waals surface area contributed by atoms with Gasteiger partial charge in [0.05, 0.1) is 10.8 Å². The molecule has 1 fully saturated rings. The molecule has 3 aromatic rings. The lowest BCUT2D eigenvalue weighted by atomic mass is 9.94. The maximum Gasteiger partial charge on any atom is 0.311 e. The van der Waals surface area contributed by atoms with Crippen molar-refractivity contribution in [1.29, 1.82) is 0 Å². The van der Waals surface area contributed by atoms with Crippen molar-refractivity contribution in [2.24, 2.45) is 11.8 Å². The fraction of sp³-hybridized carbons (Fsp3) is 0.346. The Hall–Kier alpha value is -3.41. The summed E-state index contributed by atoms with van der Waals surface area (Å²) in [5.41, 5.74) is 1.96. The summed E-state index contributed by atoms with van der Waals surface area (Å²) in [5, 5.41) is 23.5. The van der Waals surface area contributed by atoms with Crippen molar-refractivity contribution in [3.8, 4) is 16.9 Å². The van der Waals surface area contributed by atoms with Gasteiger partial charge in [-0.1, -0.05) is 50.2 Å². The van der Waals surface area contributed by atoms with E-state index in [2.05, 4.69) is 6.92 Å². The predicted molar refractivity (Wildman–Crippen MR) is 124 cm³/mol. The zero-order chi connectivity index (χ0) is 22.8. The molecule has 0 amide bonds. The SMILES string of the molecule is CC(Cc1cc(-c2ccc3ccccc3c2)c(OC2CCCC2C)c([N+](=O)[O-])c1)C(=O)O. The molecule has 0 saturated heterocycles. The van der Waals surface area contributed by atoms with E-state index in [1.807, 2.05) is 48.5 Å². The van der Waals surface area contributed by atoms with E-state index in [9.17, 15) is 20.0 Å². The summed E-state index contributed by atoms with van der Waals surface area (Å²) in [4.78, 5) is 23.0. The fourth-order valence-corrected chi connectivity index (χ4v) is 4.50. The minimum atomic E-state index is -0.931. The summed E-state index contributed by atoms with van der Waals surface area (Å²) in [6.45, 7) is 3.72. The lowest BCUT2D eigenvalue weighted by molar-refractivity contribution is -0.386. The van der Waals surface area contributed by atoms with Crippen LogP contribution in [-0.4, -0.2) is 22.1 Å². The van der Waals surface area contributed by atoms with Crippen LogP contribution < -0.4 is 4.74 Å². The molecule has 0 radical (unpaired) electrons. The van der Waals surface area contributed by atoms with Gasteiger partial charge in [-0.2, -0.15) is 0 Å². The van der Waals surface area contributed by atoms with Crippen molar-refractivity contribution in [2.45, 2.75) is 45.6 Å². The highest BCUT2D eigenvalue weighted by atomic mass is 16.6. The Kier molecular flexibility index (Phi) is 6.12. The molecule has 1 N–H and O–H groups in total. The second-order valence-corrected chi connectivity index (χ2v) is 8.82. The molecule has 3 aromatic carbocycles. The largest absolute Gasteiger partial charge is 0.483 e. The number of fused-ring (bicyclic) bond motifs is 1. The van der Waals surface area contributed by atoms with Crippen molar-refractivity contribution >= 4 is 22.4 Å². The Labute approximate surface area is 187 Å². The molecule has 1 aliphatic carbocycles. The minimum absolute atomic E-state index is 0.0725. The van der Waals surface area contributed by atoms with Gasteiger partial charge in [-0.15, -0.1) is 0 Å². The smallest absolute Gasteiger partial charge is 0.311 e. The van der Waals surface area contributed by atoms with Gasteiger partial charge in [0.15, 0.2) is 0 Å². The number of nitrogens with zero attached hydrogens (tertiary/aromatic N) is 1. The minimum Gasteiger partial charge on any atom is -0.483 e. The van der Waals surface area contributed by atoms with E-state index < -0.39 is 16.8 Å². The highest BCUT2D eigenvalue weighted by Crippen LogP contribution is 2.43. The van der Waals surface area contributed by atoms with Crippen molar-refractivity contribution in [3.63, 3.8) is 0 Å². The van der Waals surface area contributed by atoms with Gasteiger partial charge in [0, 0.05) is 11.6 Å².